The Morgan fingerprint density at radius 3 is 1.83 bits per heavy atom. The molecule has 0 saturated carbocycles. The molecule has 76 valence electrons. The van der Waals surface area contributed by atoms with Gasteiger partial charge in [0, 0.05) is 16.8 Å². The minimum absolute atomic E-state index is 0.341. The Labute approximate surface area is 77.3 Å². The van der Waals surface area contributed by atoms with Gasteiger partial charge in [-0.05, 0) is 33.7 Å². The molecule has 0 aromatic carbocycles. The molecule has 0 aromatic heterocycles. The quantitative estimate of drug-likeness (QED) is 0.631. The largest absolute Gasteiger partial charge is 0.760 e. The van der Waals surface area contributed by atoms with Crippen LogP contribution in [0.3, 0.4) is 0 Å². The van der Waals surface area contributed by atoms with E-state index in [1.807, 2.05) is 0 Å². The van der Waals surface area contributed by atoms with Crippen molar-refractivity contribution in [1.82, 2.24) is 4.72 Å². The zero-order chi connectivity index (χ0) is 10.2. The fraction of sp³-hybridized carbons (Fsp3) is 1.00. The van der Waals surface area contributed by atoms with Crippen LogP contribution >= 0.6 is 0 Å². The minimum Gasteiger partial charge on any atom is -0.760 e. The first-order chi connectivity index (χ1) is 5.33. The number of nitrogens with two attached hydrogens (primary N) is 1. The first kappa shape index (κ1) is 14.5. The van der Waals surface area contributed by atoms with Gasteiger partial charge in [-0.15, -0.1) is 0 Å². The number of hydrogen-bond donors (Lipinski definition) is 2. The summed E-state index contributed by atoms with van der Waals surface area (Å²) in [5.74, 6) is 0. The second kappa shape index (κ2) is 7.67. The van der Waals surface area contributed by atoms with E-state index >= 15 is 0 Å². The normalized spacial score (nSPS) is 13.2. The third kappa shape index (κ3) is 22.5. The van der Waals surface area contributed by atoms with E-state index in [-0.39, 0.29) is 5.54 Å². The van der Waals surface area contributed by atoms with Gasteiger partial charge in [0.1, 0.15) is 0 Å². The van der Waals surface area contributed by atoms with Crippen molar-refractivity contribution < 1.29 is 8.76 Å². The van der Waals surface area contributed by atoms with E-state index in [4.69, 9.17) is 5.73 Å². The molecule has 0 aliphatic carbocycles. The maximum absolute atomic E-state index is 9.90. The van der Waals surface area contributed by atoms with Gasteiger partial charge in [0.15, 0.2) is 0 Å². The summed E-state index contributed by atoms with van der Waals surface area (Å²) in [5.41, 5.74) is 4.69. The van der Waals surface area contributed by atoms with E-state index in [9.17, 15) is 8.76 Å². The van der Waals surface area contributed by atoms with Crippen LogP contribution < -0.4 is 10.5 Å². The fourth-order valence-corrected chi connectivity index (χ4v) is 0.750. The van der Waals surface area contributed by atoms with Gasteiger partial charge < -0.3 is 10.3 Å². The lowest BCUT2D eigenvalue weighted by molar-refractivity contribution is 0.463. The Morgan fingerprint density at radius 2 is 1.83 bits per heavy atom. The van der Waals surface area contributed by atoms with Crippen LogP contribution in [0.2, 0.25) is 0 Å². The van der Waals surface area contributed by atoms with Crippen LogP contribution in [-0.2, 0) is 11.3 Å². The standard InChI is InChI=1S/C4H11NO2S.C3H9N/c1-4(2,3)5-8(6)7;1-2-3-4/h5H,1-3H3,(H,6,7);2-4H2,1H3/p-1. The van der Waals surface area contributed by atoms with Crippen molar-refractivity contribution in [3.05, 3.63) is 0 Å². The molecule has 0 bridgehead atoms. The highest BCUT2D eigenvalue weighted by Gasteiger charge is 2.06. The summed E-state index contributed by atoms with van der Waals surface area (Å²) in [4.78, 5) is 0. The minimum atomic E-state index is -2.14. The van der Waals surface area contributed by atoms with E-state index in [0.717, 1.165) is 13.0 Å². The third-order valence-electron chi connectivity index (χ3n) is 0.678. The molecule has 5 heteroatoms. The Hall–Kier alpha value is 0.0300. The van der Waals surface area contributed by atoms with E-state index in [0.29, 0.717) is 0 Å². The Morgan fingerprint density at radius 1 is 1.50 bits per heavy atom. The van der Waals surface area contributed by atoms with Crippen LogP contribution in [-0.4, -0.2) is 20.8 Å². The average Bonchev–Trinajstić information content (AvgIpc) is 1.83. The van der Waals surface area contributed by atoms with Crippen molar-refractivity contribution in [2.45, 2.75) is 39.7 Å². The summed E-state index contributed by atoms with van der Waals surface area (Å²) < 4.78 is 22.1. The SMILES string of the molecule is CC(C)(C)NS(=O)[O-].CCCN. The molecule has 1 unspecified atom stereocenters. The number of nitrogens with one attached hydrogen (secondary N) is 1. The molecule has 0 aromatic rings. The van der Waals surface area contributed by atoms with Crippen LogP contribution in [0.4, 0.5) is 0 Å². The third-order valence-corrected chi connectivity index (χ3v) is 1.46. The van der Waals surface area contributed by atoms with Crippen LogP contribution in [0.5, 0.6) is 0 Å². The molecule has 0 amide bonds. The molecule has 0 rings (SSSR count). The fourth-order valence-electron chi connectivity index (χ4n) is 0.250. The van der Waals surface area contributed by atoms with Gasteiger partial charge in [0.2, 0.25) is 0 Å². The lowest BCUT2D eigenvalue weighted by atomic mass is 10.1. The maximum atomic E-state index is 9.90. The Bertz CT molecular complexity index is 121. The van der Waals surface area contributed by atoms with E-state index in [1.165, 1.54) is 0 Å². The zero-order valence-electron chi connectivity index (χ0n) is 8.22. The molecule has 1 atom stereocenters. The van der Waals surface area contributed by atoms with Crippen molar-refractivity contribution in [3.8, 4) is 0 Å². The second-order valence-electron chi connectivity index (χ2n) is 3.38. The molecule has 0 heterocycles. The lowest BCUT2D eigenvalue weighted by Gasteiger charge is -2.21. The lowest BCUT2D eigenvalue weighted by Crippen LogP contribution is -2.36. The van der Waals surface area contributed by atoms with Crippen molar-refractivity contribution in [3.63, 3.8) is 0 Å². The molecule has 4 nitrogen and oxygen atoms in total. The van der Waals surface area contributed by atoms with Gasteiger partial charge in [-0.25, -0.2) is 4.72 Å². The van der Waals surface area contributed by atoms with E-state index in [1.54, 1.807) is 20.8 Å². The highest BCUT2D eigenvalue weighted by atomic mass is 32.2. The smallest absolute Gasteiger partial charge is 0.0211 e. The number of hydrogen-bond acceptors (Lipinski definition) is 3. The topological polar surface area (TPSA) is 78.2 Å². The van der Waals surface area contributed by atoms with E-state index < -0.39 is 11.3 Å². The second-order valence-corrected chi connectivity index (χ2v) is 4.05. The van der Waals surface area contributed by atoms with Gasteiger partial charge in [-0.1, -0.05) is 6.92 Å². The zero-order valence-corrected chi connectivity index (χ0v) is 9.03. The molecule has 0 radical (unpaired) electrons. The van der Waals surface area contributed by atoms with Crippen molar-refractivity contribution in [1.29, 1.82) is 0 Å². The van der Waals surface area contributed by atoms with Gasteiger partial charge in [0.05, 0.1) is 0 Å². The van der Waals surface area contributed by atoms with Crippen LogP contribution in [0.25, 0.3) is 0 Å². The van der Waals surface area contributed by atoms with Crippen molar-refractivity contribution in [2.75, 3.05) is 6.54 Å². The molecular formula is C7H19N2O2S-. The monoisotopic (exact) mass is 195 g/mol. The van der Waals surface area contributed by atoms with Gasteiger partial charge in [-0.2, -0.15) is 0 Å². The molecule has 12 heavy (non-hydrogen) atoms. The molecule has 0 fully saturated rings. The van der Waals surface area contributed by atoms with Crippen LogP contribution in [0.15, 0.2) is 0 Å². The predicted octanol–water partition coefficient (Wildman–Crippen LogP) is 0.524. The molecule has 0 spiro atoms. The van der Waals surface area contributed by atoms with Crippen molar-refractivity contribution in [2.24, 2.45) is 5.73 Å². The van der Waals surface area contributed by atoms with E-state index in [2.05, 4.69) is 11.6 Å². The molecular weight excluding hydrogens is 176 g/mol. The van der Waals surface area contributed by atoms with Crippen LogP contribution in [0.1, 0.15) is 34.1 Å². The highest BCUT2D eigenvalue weighted by molar-refractivity contribution is 7.77. The average molecular weight is 195 g/mol. The van der Waals surface area contributed by atoms with Crippen molar-refractivity contribution >= 4 is 11.3 Å². The molecule has 3 N–H and O–H groups in total. The van der Waals surface area contributed by atoms with Gasteiger partial charge in [-0.3, -0.25) is 4.21 Å². The molecule has 0 aliphatic heterocycles. The predicted molar refractivity (Wildman–Crippen MR) is 51.2 cm³/mol. The van der Waals surface area contributed by atoms with Crippen LogP contribution in [0, 0.1) is 0 Å². The summed E-state index contributed by atoms with van der Waals surface area (Å²) in [6.07, 6.45) is 1.10. The summed E-state index contributed by atoms with van der Waals surface area (Å²) in [7, 11) is 0. The number of rotatable bonds is 2. The summed E-state index contributed by atoms with van der Waals surface area (Å²) in [5, 5.41) is 0. The molecule has 0 saturated heterocycles. The van der Waals surface area contributed by atoms with Gasteiger partial charge in [0.25, 0.3) is 0 Å². The Balaban J connectivity index is 0. The first-order valence-corrected chi connectivity index (χ1v) is 4.98. The molecule has 0 aliphatic rings. The summed E-state index contributed by atoms with van der Waals surface area (Å²) >= 11 is -2.14. The maximum Gasteiger partial charge on any atom is 0.0211 e. The summed E-state index contributed by atoms with van der Waals surface area (Å²) in [6.45, 7) is 8.22. The first-order valence-electron chi connectivity index (χ1n) is 3.90. The Kier molecular flexibility index (Phi) is 9.30. The summed E-state index contributed by atoms with van der Waals surface area (Å²) in [6, 6.07) is 0. The highest BCUT2D eigenvalue weighted by Crippen LogP contribution is 1.97. The van der Waals surface area contributed by atoms with Gasteiger partial charge >= 0.3 is 0 Å².